The summed E-state index contributed by atoms with van der Waals surface area (Å²) in [7, 11) is 1.83. The van der Waals surface area contributed by atoms with Crippen LogP contribution in [0.1, 0.15) is 45.1 Å². The molecule has 0 bridgehead atoms. The average molecular weight is 331 g/mol. The second kappa shape index (κ2) is 5.45. The Hall–Kier alpha value is -2.22. The molecule has 1 saturated heterocycles. The fourth-order valence-corrected chi connectivity index (χ4v) is 3.79. The maximum absolute atomic E-state index is 12.7. The first-order valence-corrected chi connectivity index (χ1v) is 8.61. The van der Waals surface area contributed by atoms with Crippen LogP contribution in [0.5, 0.6) is 0 Å². The van der Waals surface area contributed by atoms with Gasteiger partial charge in [0.25, 0.3) is 11.8 Å². The van der Waals surface area contributed by atoms with Gasteiger partial charge in [-0.05, 0) is 12.8 Å². The smallest absolute Gasteiger partial charge is 0.274 e. The second-order valence-electron chi connectivity index (χ2n) is 5.93. The van der Waals surface area contributed by atoms with E-state index < -0.39 is 0 Å². The second-order valence-corrected chi connectivity index (χ2v) is 6.65. The Morgan fingerprint density at radius 2 is 1.91 bits per heavy atom. The number of hydrogen-bond acceptors (Lipinski definition) is 5. The molecule has 0 spiro atoms. The number of carbonyl (C=O) groups excluding carboxylic acids is 2. The lowest BCUT2D eigenvalue weighted by Crippen LogP contribution is -2.30. The van der Waals surface area contributed by atoms with E-state index in [0.29, 0.717) is 24.5 Å². The molecular formula is C15H17N5O2S. The zero-order chi connectivity index (χ0) is 16.0. The van der Waals surface area contributed by atoms with Crippen LogP contribution in [-0.2, 0) is 20.1 Å². The van der Waals surface area contributed by atoms with Gasteiger partial charge in [0.15, 0.2) is 5.69 Å². The molecule has 2 amide bonds. The highest BCUT2D eigenvalue weighted by Crippen LogP contribution is 2.28. The third-order valence-electron chi connectivity index (χ3n) is 4.50. The topological polar surface area (TPSA) is 71.3 Å². The third-order valence-corrected chi connectivity index (χ3v) is 5.09. The number of aromatic nitrogens is 3. The van der Waals surface area contributed by atoms with Crippen molar-refractivity contribution in [1.82, 2.24) is 24.6 Å². The van der Waals surface area contributed by atoms with E-state index in [0.717, 1.165) is 37.2 Å². The zero-order valence-electron chi connectivity index (χ0n) is 12.9. The number of fused-ring (bicyclic) bond motifs is 1. The van der Waals surface area contributed by atoms with Crippen LogP contribution >= 0.6 is 11.3 Å². The SMILES string of the molecule is Cn1nc(C(=O)N2CCCC2)c2c1CN(C(=O)c1cscn1)C2. The minimum absolute atomic E-state index is 0.0118. The molecule has 4 heterocycles. The van der Waals surface area contributed by atoms with Gasteiger partial charge < -0.3 is 9.80 Å². The number of carbonyl (C=O) groups is 2. The van der Waals surface area contributed by atoms with Crippen LogP contribution in [0, 0.1) is 0 Å². The molecule has 0 unspecified atom stereocenters. The summed E-state index contributed by atoms with van der Waals surface area (Å²) in [6, 6.07) is 0. The van der Waals surface area contributed by atoms with Gasteiger partial charge >= 0.3 is 0 Å². The fraction of sp³-hybridized carbons (Fsp3) is 0.467. The molecule has 4 rings (SSSR count). The first-order chi connectivity index (χ1) is 11.1. The van der Waals surface area contributed by atoms with Crippen molar-refractivity contribution >= 4 is 23.2 Å². The summed E-state index contributed by atoms with van der Waals surface area (Å²) in [6.07, 6.45) is 2.10. The minimum atomic E-state index is -0.0954. The Morgan fingerprint density at radius 1 is 1.13 bits per heavy atom. The minimum Gasteiger partial charge on any atom is -0.337 e. The van der Waals surface area contributed by atoms with E-state index in [4.69, 9.17) is 0 Å². The molecule has 0 N–H and O–H groups in total. The predicted octanol–water partition coefficient (Wildman–Crippen LogP) is 1.27. The van der Waals surface area contributed by atoms with E-state index in [9.17, 15) is 9.59 Å². The third kappa shape index (κ3) is 2.33. The summed E-state index contributed by atoms with van der Waals surface area (Å²) in [4.78, 5) is 32.8. The maximum atomic E-state index is 12.7. The number of likely N-dealkylation sites (tertiary alicyclic amines) is 1. The molecule has 2 aliphatic heterocycles. The molecule has 2 aromatic heterocycles. The summed E-state index contributed by atoms with van der Waals surface area (Å²) in [5.74, 6) is -0.107. The van der Waals surface area contributed by atoms with Crippen molar-refractivity contribution in [3.63, 3.8) is 0 Å². The normalized spacial score (nSPS) is 16.9. The highest BCUT2D eigenvalue weighted by molar-refractivity contribution is 7.07. The first kappa shape index (κ1) is 14.4. The fourth-order valence-electron chi connectivity index (χ4n) is 3.26. The lowest BCUT2D eigenvalue weighted by Gasteiger charge is -2.16. The average Bonchev–Trinajstić information content (AvgIpc) is 3.32. The van der Waals surface area contributed by atoms with Gasteiger partial charge in [-0.25, -0.2) is 4.98 Å². The lowest BCUT2D eigenvalue weighted by atomic mass is 10.2. The van der Waals surface area contributed by atoms with Crippen molar-refractivity contribution in [2.45, 2.75) is 25.9 Å². The Labute approximate surface area is 137 Å². The van der Waals surface area contributed by atoms with Crippen LogP contribution in [0.2, 0.25) is 0 Å². The standard InChI is InChI=1S/C15H17N5O2S/c1-18-12-7-20(14(21)11-8-23-9-16-11)6-10(12)13(17-18)15(22)19-4-2-3-5-19/h8-9H,2-7H2,1H3. The number of rotatable bonds is 2. The predicted molar refractivity (Wildman–Crippen MR) is 84.0 cm³/mol. The monoisotopic (exact) mass is 331 g/mol. The zero-order valence-corrected chi connectivity index (χ0v) is 13.7. The van der Waals surface area contributed by atoms with E-state index in [1.165, 1.54) is 11.3 Å². The van der Waals surface area contributed by atoms with Crippen molar-refractivity contribution in [3.05, 3.63) is 33.5 Å². The quantitative estimate of drug-likeness (QED) is 0.831. The summed E-state index contributed by atoms with van der Waals surface area (Å²) >= 11 is 1.40. The highest BCUT2D eigenvalue weighted by atomic mass is 32.1. The number of nitrogens with zero attached hydrogens (tertiary/aromatic N) is 5. The first-order valence-electron chi connectivity index (χ1n) is 7.66. The largest absolute Gasteiger partial charge is 0.337 e. The molecule has 23 heavy (non-hydrogen) atoms. The number of thiazole rings is 1. The van der Waals surface area contributed by atoms with Crippen LogP contribution in [0.4, 0.5) is 0 Å². The van der Waals surface area contributed by atoms with Crippen molar-refractivity contribution in [2.75, 3.05) is 13.1 Å². The van der Waals surface area contributed by atoms with Crippen LogP contribution in [0.25, 0.3) is 0 Å². The van der Waals surface area contributed by atoms with Crippen molar-refractivity contribution in [3.8, 4) is 0 Å². The molecule has 0 atom stereocenters. The van der Waals surface area contributed by atoms with Crippen LogP contribution in [0.15, 0.2) is 10.9 Å². The van der Waals surface area contributed by atoms with E-state index in [-0.39, 0.29) is 11.8 Å². The molecule has 1 fully saturated rings. The van der Waals surface area contributed by atoms with Crippen LogP contribution in [-0.4, -0.2) is 49.5 Å². The number of hydrogen-bond donors (Lipinski definition) is 0. The van der Waals surface area contributed by atoms with Gasteiger partial charge in [0.05, 0.1) is 24.3 Å². The van der Waals surface area contributed by atoms with Crippen molar-refractivity contribution < 1.29 is 9.59 Å². The Morgan fingerprint density at radius 3 is 2.61 bits per heavy atom. The van der Waals surface area contributed by atoms with Gasteiger partial charge in [-0.15, -0.1) is 11.3 Å². The summed E-state index contributed by atoms with van der Waals surface area (Å²) in [6.45, 7) is 2.49. The molecule has 0 aromatic carbocycles. The highest BCUT2D eigenvalue weighted by Gasteiger charge is 2.34. The molecular weight excluding hydrogens is 314 g/mol. The van der Waals surface area contributed by atoms with Gasteiger partial charge in [-0.1, -0.05) is 0 Å². The molecule has 8 heteroatoms. The van der Waals surface area contributed by atoms with Gasteiger partial charge in [-0.3, -0.25) is 14.3 Å². The van der Waals surface area contributed by atoms with Gasteiger partial charge in [-0.2, -0.15) is 5.10 Å². The number of aryl methyl sites for hydroxylation is 1. The van der Waals surface area contributed by atoms with E-state index >= 15 is 0 Å². The van der Waals surface area contributed by atoms with Crippen LogP contribution in [0.3, 0.4) is 0 Å². The van der Waals surface area contributed by atoms with E-state index in [1.807, 2.05) is 11.9 Å². The molecule has 0 aliphatic carbocycles. The van der Waals surface area contributed by atoms with Crippen LogP contribution < -0.4 is 0 Å². The van der Waals surface area contributed by atoms with Gasteiger partial charge in [0.2, 0.25) is 0 Å². The van der Waals surface area contributed by atoms with Crippen molar-refractivity contribution in [1.29, 1.82) is 0 Å². The molecule has 120 valence electrons. The van der Waals surface area contributed by atoms with Gasteiger partial charge in [0.1, 0.15) is 5.69 Å². The van der Waals surface area contributed by atoms with E-state index in [2.05, 4.69) is 10.1 Å². The van der Waals surface area contributed by atoms with Gasteiger partial charge in [0, 0.05) is 31.1 Å². The molecule has 2 aromatic rings. The summed E-state index contributed by atoms with van der Waals surface area (Å²) in [5.41, 5.74) is 4.44. The molecule has 0 radical (unpaired) electrons. The molecule has 0 saturated carbocycles. The number of amides is 2. The lowest BCUT2D eigenvalue weighted by molar-refractivity contribution is 0.0732. The Balaban J connectivity index is 1.60. The van der Waals surface area contributed by atoms with Crippen molar-refractivity contribution in [2.24, 2.45) is 7.05 Å². The Bertz CT molecular complexity index is 761. The van der Waals surface area contributed by atoms with E-state index in [1.54, 1.807) is 20.5 Å². The molecule has 7 nitrogen and oxygen atoms in total. The Kier molecular flexibility index (Phi) is 3.41. The maximum Gasteiger partial charge on any atom is 0.274 e. The molecule has 2 aliphatic rings. The summed E-state index contributed by atoms with van der Waals surface area (Å²) < 4.78 is 1.73. The summed E-state index contributed by atoms with van der Waals surface area (Å²) in [5, 5.41) is 6.16.